The Balaban J connectivity index is 1.86. The second kappa shape index (κ2) is 6.03. The van der Waals surface area contributed by atoms with Crippen LogP contribution in [-0.4, -0.2) is 26.5 Å². The van der Waals surface area contributed by atoms with Crippen molar-refractivity contribution >= 4 is 0 Å². The number of methoxy groups -OCH3 is 2. The summed E-state index contributed by atoms with van der Waals surface area (Å²) in [6, 6.07) is 3.91. The van der Waals surface area contributed by atoms with E-state index in [4.69, 9.17) is 14.2 Å². The Labute approximate surface area is 156 Å². The van der Waals surface area contributed by atoms with Gasteiger partial charge in [-0.15, -0.1) is 0 Å². The van der Waals surface area contributed by atoms with Crippen LogP contribution in [0.15, 0.2) is 12.1 Å². The molecule has 2 fully saturated rings. The lowest BCUT2D eigenvalue weighted by Crippen LogP contribution is -2.47. The van der Waals surface area contributed by atoms with Crippen molar-refractivity contribution in [3.8, 4) is 17.2 Å². The van der Waals surface area contributed by atoms with Crippen LogP contribution in [0.4, 0.5) is 4.39 Å². The molecule has 0 spiro atoms. The maximum absolute atomic E-state index is 15.2. The molecule has 1 aromatic rings. The fraction of sp³-hybridized carbons (Fsp3) is 0.727. The summed E-state index contributed by atoms with van der Waals surface area (Å²) < 4.78 is 32.4. The molecule has 4 rings (SSSR count). The molecule has 2 aliphatic carbocycles. The molecule has 1 aliphatic heterocycles. The van der Waals surface area contributed by atoms with E-state index in [1.807, 2.05) is 12.1 Å². The third-order valence-corrected chi connectivity index (χ3v) is 7.52. The standard InChI is InChI=1S/C22H31FO3/c1-21(2)9-6-10-22(3)18(21)8-7-14(23)20-19(22)13-11-16(24-4)17(25-5)12-15(13)26-20/h11-12,14,18-20H,6-10H2,1-5H3/t14-,18+,19+,20+,22+/m1/s1. The normalized spacial score (nSPS) is 37.6. The molecule has 5 atom stereocenters. The molecule has 0 saturated heterocycles. The fourth-order valence-electron chi connectivity index (χ4n) is 6.37. The topological polar surface area (TPSA) is 27.7 Å². The van der Waals surface area contributed by atoms with Gasteiger partial charge in [0, 0.05) is 17.5 Å². The minimum absolute atomic E-state index is 0.0398. The van der Waals surface area contributed by atoms with Crippen LogP contribution >= 0.6 is 0 Å². The van der Waals surface area contributed by atoms with Crippen LogP contribution in [0.3, 0.4) is 0 Å². The third-order valence-electron chi connectivity index (χ3n) is 7.52. The molecule has 0 N–H and O–H groups in total. The second-order valence-electron chi connectivity index (χ2n) is 9.30. The molecule has 3 aliphatic rings. The lowest BCUT2D eigenvalue weighted by molar-refractivity contribution is -0.0318. The predicted octanol–water partition coefficient (Wildman–Crippen LogP) is 5.51. The number of fused-ring (bicyclic) bond motifs is 5. The summed E-state index contributed by atoms with van der Waals surface area (Å²) in [4.78, 5) is 0. The number of hydrogen-bond acceptors (Lipinski definition) is 3. The maximum atomic E-state index is 15.2. The van der Waals surface area contributed by atoms with Gasteiger partial charge in [0.05, 0.1) is 14.2 Å². The molecule has 0 unspecified atom stereocenters. The Morgan fingerprint density at radius 2 is 1.73 bits per heavy atom. The van der Waals surface area contributed by atoms with Crippen molar-refractivity contribution in [2.24, 2.45) is 16.7 Å². The summed E-state index contributed by atoms with van der Waals surface area (Å²) >= 11 is 0. The summed E-state index contributed by atoms with van der Waals surface area (Å²) in [5, 5.41) is 0. The van der Waals surface area contributed by atoms with Gasteiger partial charge in [-0.05, 0) is 48.5 Å². The zero-order valence-corrected chi connectivity index (χ0v) is 16.6. The van der Waals surface area contributed by atoms with E-state index in [2.05, 4.69) is 20.8 Å². The smallest absolute Gasteiger partial charge is 0.164 e. The number of rotatable bonds is 2. The van der Waals surface area contributed by atoms with Crippen LogP contribution in [-0.2, 0) is 0 Å². The van der Waals surface area contributed by atoms with E-state index >= 15 is 4.39 Å². The van der Waals surface area contributed by atoms with Gasteiger partial charge in [-0.25, -0.2) is 4.39 Å². The lowest BCUT2D eigenvalue weighted by atomic mass is 9.51. The largest absolute Gasteiger partial charge is 0.493 e. The Bertz CT molecular complexity index is 701. The number of alkyl halides is 1. The first-order chi connectivity index (χ1) is 12.3. The highest BCUT2D eigenvalue weighted by molar-refractivity contribution is 5.55. The van der Waals surface area contributed by atoms with Crippen molar-refractivity contribution in [1.29, 1.82) is 0 Å². The molecule has 3 nitrogen and oxygen atoms in total. The monoisotopic (exact) mass is 362 g/mol. The molecule has 4 heteroatoms. The summed E-state index contributed by atoms with van der Waals surface area (Å²) in [5.41, 5.74) is 1.38. The molecule has 26 heavy (non-hydrogen) atoms. The Hall–Kier alpha value is -1.45. The minimum atomic E-state index is -0.928. The molecule has 0 radical (unpaired) electrons. The van der Waals surface area contributed by atoms with Gasteiger partial charge in [0.1, 0.15) is 18.0 Å². The van der Waals surface area contributed by atoms with Gasteiger partial charge in [0.25, 0.3) is 0 Å². The highest BCUT2D eigenvalue weighted by Crippen LogP contribution is 2.65. The summed E-state index contributed by atoms with van der Waals surface area (Å²) in [6.07, 6.45) is 3.76. The molecular formula is C22H31FO3. The van der Waals surface area contributed by atoms with Crippen LogP contribution in [0, 0.1) is 16.7 Å². The van der Waals surface area contributed by atoms with Gasteiger partial charge in [-0.2, -0.15) is 0 Å². The zero-order valence-electron chi connectivity index (χ0n) is 16.6. The molecule has 0 bridgehead atoms. The number of hydrogen-bond donors (Lipinski definition) is 0. The van der Waals surface area contributed by atoms with Crippen LogP contribution in [0.5, 0.6) is 17.2 Å². The molecule has 1 heterocycles. The lowest BCUT2D eigenvalue weighted by Gasteiger charge is -2.53. The van der Waals surface area contributed by atoms with E-state index in [-0.39, 0.29) is 16.7 Å². The van der Waals surface area contributed by atoms with Crippen molar-refractivity contribution in [3.63, 3.8) is 0 Å². The zero-order chi connectivity index (χ0) is 18.7. The SMILES string of the molecule is COc1cc2c(cc1OC)[C@H]1[C@@H](O2)[C@H](F)CC[C@H]2C(C)(C)CCC[C@]12C. The van der Waals surface area contributed by atoms with Gasteiger partial charge >= 0.3 is 0 Å². The van der Waals surface area contributed by atoms with Gasteiger partial charge in [0.15, 0.2) is 11.5 Å². The fourth-order valence-corrected chi connectivity index (χ4v) is 6.37. The average molecular weight is 362 g/mol. The number of benzene rings is 1. The van der Waals surface area contributed by atoms with E-state index in [0.29, 0.717) is 23.8 Å². The highest BCUT2D eigenvalue weighted by Gasteiger charge is 2.59. The Morgan fingerprint density at radius 1 is 1.04 bits per heavy atom. The van der Waals surface area contributed by atoms with Crippen LogP contribution < -0.4 is 14.2 Å². The third kappa shape index (κ3) is 2.44. The van der Waals surface area contributed by atoms with Crippen molar-refractivity contribution in [1.82, 2.24) is 0 Å². The molecule has 1 aromatic carbocycles. The molecule has 0 aromatic heterocycles. The molecule has 0 amide bonds. The summed E-state index contributed by atoms with van der Waals surface area (Å²) in [6.45, 7) is 7.12. The van der Waals surface area contributed by atoms with Gasteiger partial charge in [0.2, 0.25) is 0 Å². The van der Waals surface area contributed by atoms with Gasteiger partial charge in [-0.1, -0.05) is 27.2 Å². The van der Waals surface area contributed by atoms with Crippen molar-refractivity contribution in [2.45, 2.75) is 71.1 Å². The highest BCUT2D eigenvalue weighted by atomic mass is 19.1. The van der Waals surface area contributed by atoms with Crippen molar-refractivity contribution < 1.29 is 18.6 Å². The summed E-state index contributed by atoms with van der Waals surface area (Å²) in [7, 11) is 3.27. The van der Waals surface area contributed by atoms with E-state index < -0.39 is 12.3 Å². The maximum Gasteiger partial charge on any atom is 0.164 e. The number of ether oxygens (including phenoxy) is 3. The van der Waals surface area contributed by atoms with Crippen LogP contribution in [0.25, 0.3) is 0 Å². The average Bonchev–Trinajstić information content (AvgIpc) is 2.93. The minimum Gasteiger partial charge on any atom is -0.493 e. The Morgan fingerprint density at radius 3 is 2.42 bits per heavy atom. The van der Waals surface area contributed by atoms with Crippen molar-refractivity contribution in [2.75, 3.05) is 14.2 Å². The van der Waals surface area contributed by atoms with Crippen molar-refractivity contribution in [3.05, 3.63) is 17.7 Å². The first kappa shape index (κ1) is 17.9. The van der Waals surface area contributed by atoms with E-state index in [0.717, 1.165) is 24.2 Å². The van der Waals surface area contributed by atoms with E-state index in [1.165, 1.54) is 12.8 Å². The quantitative estimate of drug-likeness (QED) is 0.694. The predicted molar refractivity (Wildman–Crippen MR) is 100 cm³/mol. The number of halogens is 1. The van der Waals surface area contributed by atoms with Crippen LogP contribution in [0.1, 0.15) is 64.4 Å². The summed E-state index contributed by atoms with van der Waals surface area (Å²) in [5.74, 6) is 2.68. The first-order valence-electron chi connectivity index (χ1n) is 9.88. The molecule has 144 valence electrons. The van der Waals surface area contributed by atoms with Gasteiger partial charge < -0.3 is 14.2 Å². The molecular weight excluding hydrogens is 331 g/mol. The Kier molecular flexibility index (Phi) is 4.16. The van der Waals surface area contributed by atoms with Crippen LogP contribution in [0.2, 0.25) is 0 Å². The first-order valence-corrected chi connectivity index (χ1v) is 9.88. The van der Waals surface area contributed by atoms with E-state index in [9.17, 15) is 0 Å². The molecule has 2 saturated carbocycles. The van der Waals surface area contributed by atoms with Gasteiger partial charge in [-0.3, -0.25) is 0 Å². The van der Waals surface area contributed by atoms with E-state index in [1.54, 1.807) is 14.2 Å². The second-order valence-corrected chi connectivity index (χ2v) is 9.30.